The molecule has 4 N–H and O–H groups in total. The maximum atomic E-state index is 6.61. The number of hydrogen-bond donors (Lipinski definition) is 2. The summed E-state index contributed by atoms with van der Waals surface area (Å²) in [5.41, 5.74) is 21.3. The van der Waals surface area contributed by atoms with E-state index in [1.54, 1.807) is 0 Å². The molecule has 0 saturated heterocycles. The van der Waals surface area contributed by atoms with Crippen molar-refractivity contribution in [3.63, 3.8) is 0 Å². The number of halogens is 2. The summed E-state index contributed by atoms with van der Waals surface area (Å²) in [6.07, 6.45) is 0. The lowest BCUT2D eigenvalue weighted by Crippen LogP contribution is -2.09. The van der Waals surface area contributed by atoms with E-state index < -0.39 is 0 Å². The van der Waals surface area contributed by atoms with Crippen molar-refractivity contribution in [2.45, 2.75) is 33.6 Å². The molecule has 0 saturated carbocycles. The second kappa shape index (κ2) is 7.46. The molecule has 0 unspecified atom stereocenters. The molecule has 0 heterocycles. The molecule has 4 heteroatoms. The molecule has 0 aliphatic heterocycles. The highest BCUT2D eigenvalue weighted by atomic mass is 35.5. The van der Waals surface area contributed by atoms with E-state index >= 15 is 0 Å². The summed E-state index contributed by atoms with van der Waals surface area (Å²) in [6, 6.07) is 14.1. The number of benzene rings is 3. The van der Waals surface area contributed by atoms with Crippen LogP contribution >= 0.6 is 23.2 Å². The van der Waals surface area contributed by atoms with Crippen molar-refractivity contribution in [1.29, 1.82) is 0 Å². The van der Waals surface area contributed by atoms with Crippen LogP contribution in [-0.4, -0.2) is 0 Å². The van der Waals surface area contributed by atoms with Crippen molar-refractivity contribution < 1.29 is 0 Å². The largest absolute Gasteiger partial charge is 0.398 e. The lowest BCUT2D eigenvalue weighted by molar-refractivity contribution is 0.966. The predicted octanol–water partition coefficient (Wildman–Crippen LogP) is 6.57. The highest BCUT2D eigenvalue weighted by Crippen LogP contribution is 2.42. The highest BCUT2D eigenvalue weighted by molar-refractivity contribution is 6.36. The fourth-order valence-electron chi connectivity index (χ4n) is 3.66. The smallest absolute Gasteiger partial charge is 0.0462 e. The van der Waals surface area contributed by atoms with Crippen molar-refractivity contribution in [1.82, 2.24) is 0 Å². The Morgan fingerprint density at radius 3 is 1.33 bits per heavy atom. The van der Waals surface area contributed by atoms with Crippen LogP contribution in [0.1, 0.15) is 44.9 Å². The number of anilines is 2. The zero-order valence-corrected chi connectivity index (χ0v) is 17.5. The van der Waals surface area contributed by atoms with Crippen molar-refractivity contribution in [2.75, 3.05) is 11.5 Å². The average Bonchev–Trinajstić information content (AvgIpc) is 2.60. The summed E-state index contributed by atoms with van der Waals surface area (Å²) in [7, 11) is 0. The standard InChI is InChI=1S/C23H24Cl2N2/c1-12-8-16(9-13(2)22(12)26)20(21-18(24)6-5-7-19(21)25)17-10-14(3)23(27)15(4)11-17/h5-11,20H,26-27H2,1-4H3. The molecule has 0 spiro atoms. The van der Waals surface area contributed by atoms with Gasteiger partial charge in [-0.15, -0.1) is 0 Å². The third kappa shape index (κ3) is 3.65. The van der Waals surface area contributed by atoms with Crippen LogP contribution < -0.4 is 11.5 Å². The van der Waals surface area contributed by atoms with Crippen LogP contribution in [0.3, 0.4) is 0 Å². The molecule has 27 heavy (non-hydrogen) atoms. The van der Waals surface area contributed by atoms with E-state index in [1.165, 1.54) is 0 Å². The zero-order valence-electron chi connectivity index (χ0n) is 16.0. The molecule has 0 aromatic heterocycles. The van der Waals surface area contributed by atoms with Gasteiger partial charge in [-0.1, -0.05) is 53.5 Å². The van der Waals surface area contributed by atoms with E-state index in [2.05, 4.69) is 24.3 Å². The third-order valence-electron chi connectivity index (χ3n) is 5.19. The minimum absolute atomic E-state index is 0.109. The maximum Gasteiger partial charge on any atom is 0.0462 e. The van der Waals surface area contributed by atoms with Gasteiger partial charge in [-0.3, -0.25) is 0 Å². The second-order valence-corrected chi connectivity index (χ2v) is 8.02. The van der Waals surface area contributed by atoms with E-state index in [4.69, 9.17) is 34.7 Å². The van der Waals surface area contributed by atoms with E-state index in [9.17, 15) is 0 Å². The molecule has 0 atom stereocenters. The van der Waals surface area contributed by atoms with Crippen molar-refractivity contribution in [3.8, 4) is 0 Å². The van der Waals surface area contributed by atoms with Gasteiger partial charge in [-0.05, 0) is 73.2 Å². The SMILES string of the molecule is Cc1cc(C(c2cc(C)c(N)c(C)c2)c2c(Cl)cccc2Cl)cc(C)c1N. The van der Waals surface area contributed by atoms with Crippen LogP contribution in [0.2, 0.25) is 10.0 Å². The molecule has 0 amide bonds. The van der Waals surface area contributed by atoms with Gasteiger partial charge in [0.05, 0.1) is 0 Å². The quantitative estimate of drug-likeness (QED) is 0.386. The fraction of sp³-hybridized carbons (Fsp3) is 0.217. The first-order valence-corrected chi connectivity index (χ1v) is 9.63. The predicted molar refractivity (Wildman–Crippen MR) is 118 cm³/mol. The normalized spacial score (nSPS) is 11.2. The van der Waals surface area contributed by atoms with Crippen LogP contribution in [0.4, 0.5) is 11.4 Å². The number of hydrogen-bond acceptors (Lipinski definition) is 2. The Labute approximate surface area is 171 Å². The van der Waals surface area contributed by atoms with E-state index in [0.29, 0.717) is 10.0 Å². The molecule has 140 valence electrons. The third-order valence-corrected chi connectivity index (χ3v) is 5.85. The van der Waals surface area contributed by atoms with Gasteiger partial charge in [0.1, 0.15) is 0 Å². The average molecular weight is 399 g/mol. The van der Waals surface area contributed by atoms with Crippen molar-refractivity contribution >= 4 is 34.6 Å². The highest BCUT2D eigenvalue weighted by Gasteiger charge is 2.24. The number of rotatable bonds is 3. The first-order chi connectivity index (χ1) is 12.7. The first-order valence-electron chi connectivity index (χ1n) is 8.87. The molecule has 3 aromatic carbocycles. The van der Waals surface area contributed by atoms with E-state index in [1.807, 2.05) is 45.9 Å². The molecule has 0 aliphatic carbocycles. The van der Waals surface area contributed by atoms with Gasteiger partial charge in [0.2, 0.25) is 0 Å². The molecule has 3 rings (SSSR count). The second-order valence-electron chi connectivity index (χ2n) is 7.21. The number of nitrogens with two attached hydrogens (primary N) is 2. The minimum atomic E-state index is -0.109. The van der Waals surface area contributed by atoms with Crippen molar-refractivity contribution in [3.05, 3.63) is 91.5 Å². The Hall–Kier alpha value is -2.16. The van der Waals surface area contributed by atoms with Crippen LogP contribution in [0.25, 0.3) is 0 Å². The van der Waals surface area contributed by atoms with Crippen LogP contribution in [0.5, 0.6) is 0 Å². The summed E-state index contributed by atoms with van der Waals surface area (Å²) in [5.74, 6) is -0.109. The van der Waals surface area contributed by atoms with Crippen LogP contribution in [0, 0.1) is 27.7 Å². The van der Waals surface area contributed by atoms with E-state index in [0.717, 1.165) is 50.3 Å². The molecular weight excluding hydrogens is 375 g/mol. The summed E-state index contributed by atoms with van der Waals surface area (Å²) in [5, 5.41) is 1.29. The van der Waals surface area contributed by atoms with Gasteiger partial charge in [0, 0.05) is 32.9 Å². The molecule has 0 bridgehead atoms. The Morgan fingerprint density at radius 2 is 1.00 bits per heavy atom. The van der Waals surface area contributed by atoms with Crippen molar-refractivity contribution in [2.24, 2.45) is 0 Å². The summed E-state index contributed by atoms with van der Waals surface area (Å²) < 4.78 is 0. The molecule has 0 fully saturated rings. The Balaban J connectivity index is 2.35. The van der Waals surface area contributed by atoms with Gasteiger partial charge < -0.3 is 11.5 Å². The molecule has 0 aliphatic rings. The zero-order chi connectivity index (χ0) is 19.9. The molecule has 2 nitrogen and oxygen atoms in total. The van der Waals surface area contributed by atoms with Gasteiger partial charge in [-0.25, -0.2) is 0 Å². The maximum absolute atomic E-state index is 6.61. The van der Waals surface area contributed by atoms with Gasteiger partial charge in [0.25, 0.3) is 0 Å². The monoisotopic (exact) mass is 398 g/mol. The fourth-order valence-corrected chi connectivity index (χ4v) is 4.28. The lowest BCUT2D eigenvalue weighted by atomic mass is 9.82. The molecule has 3 aromatic rings. The first kappa shape index (κ1) is 19.6. The van der Waals surface area contributed by atoms with Gasteiger partial charge in [-0.2, -0.15) is 0 Å². The van der Waals surface area contributed by atoms with Crippen LogP contribution in [0.15, 0.2) is 42.5 Å². The van der Waals surface area contributed by atoms with Gasteiger partial charge in [0.15, 0.2) is 0 Å². The molecule has 0 radical (unpaired) electrons. The summed E-state index contributed by atoms with van der Waals surface area (Å²) in [6.45, 7) is 8.10. The lowest BCUT2D eigenvalue weighted by Gasteiger charge is -2.24. The van der Waals surface area contributed by atoms with Crippen LogP contribution in [-0.2, 0) is 0 Å². The topological polar surface area (TPSA) is 52.0 Å². The molecular formula is C23H24Cl2N2. The summed E-state index contributed by atoms with van der Waals surface area (Å²) >= 11 is 13.2. The Bertz CT molecular complexity index is 901. The van der Waals surface area contributed by atoms with Gasteiger partial charge >= 0.3 is 0 Å². The number of aryl methyl sites for hydroxylation is 4. The number of nitrogen functional groups attached to an aromatic ring is 2. The minimum Gasteiger partial charge on any atom is -0.398 e. The van der Waals surface area contributed by atoms with E-state index in [-0.39, 0.29) is 5.92 Å². The Kier molecular flexibility index (Phi) is 5.41. The summed E-state index contributed by atoms with van der Waals surface area (Å²) in [4.78, 5) is 0. The Morgan fingerprint density at radius 1 is 0.667 bits per heavy atom.